The Hall–Kier alpha value is -3.91. The molecule has 2 aromatic rings. The molecule has 220 valence electrons. The molecular weight excluding hydrogens is 535 g/mol. The summed E-state index contributed by atoms with van der Waals surface area (Å²) in [7, 11) is 0. The predicted octanol–water partition coefficient (Wildman–Crippen LogP) is 1.45. The van der Waals surface area contributed by atoms with Gasteiger partial charge in [0.2, 0.25) is 5.91 Å². The van der Waals surface area contributed by atoms with Crippen LogP contribution in [0.15, 0.2) is 42.4 Å². The lowest BCUT2D eigenvalue weighted by Crippen LogP contribution is -2.50. The van der Waals surface area contributed by atoms with E-state index >= 15 is 8.63 Å². The molecule has 11 nitrogen and oxygen atoms in total. The molecule has 0 saturated carbocycles. The molecule has 4 rings (SSSR count). The molecule has 2 aromatic heterocycles. The number of fused-ring (bicyclic) bond motifs is 2. The van der Waals surface area contributed by atoms with Gasteiger partial charge in [0, 0.05) is 73.7 Å². The number of carbonyl (C=O) groups is 2. The first-order valence-electron chi connectivity index (χ1n) is 13.5. The fourth-order valence-corrected chi connectivity index (χ4v) is 4.97. The summed E-state index contributed by atoms with van der Waals surface area (Å²) in [4.78, 5) is 23.9. The second kappa shape index (κ2) is 11.9. The minimum absolute atomic E-state index is 0.278. The van der Waals surface area contributed by atoms with E-state index in [9.17, 15) is 19.8 Å². The van der Waals surface area contributed by atoms with Crippen LogP contribution in [0.4, 0.5) is 8.63 Å². The van der Waals surface area contributed by atoms with E-state index in [1.165, 1.54) is 0 Å². The number of nitrogens with one attached hydrogen (secondary N) is 2. The number of aliphatic hydroxyl groups is 2. The summed E-state index contributed by atoms with van der Waals surface area (Å²) in [6, 6.07) is 1.78. The normalized spacial score (nSPS) is 16.5. The fourth-order valence-electron chi connectivity index (χ4n) is 4.97. The zero-order valence-electron chi connectivity index (χ0n) is 23.6. The molecule has 0 fully saturated rings. The number of aryl methyl sites for hydroxylation is 3. The second-order valence-corrected chi connectivity index (χ2v) is 11.1. The molecule has 0 aliphatic carbocycles. The number of nitrogens with zero attached hydrogens (tertiary/aromatic N) is 5. The average Bonchev–Trinajstić information content (AvgIpc) is 3.62. The van der Waals surface area contributed by atoms with Crippen molar-refractivity contribution in [2.24, 2.45) is 5.41 Å². The first kappa shape index (κ1) is 30.1. The number of aliphatic hydroxyl groups excluding tert-OH is 2. The van der Waals surface area contributed by atoms with Crippen LogP contribution >= 0.6 is 0 Å². The molecule has 0 bridgehead atoms. The number of aromatic nitrogens is 4. The first-order valence-corrected chi connectivity index (χ1v) is 13.5. The van der Waals surface area contributed by atoms with Gasteiger partial charge in [0.25, 0.3) is 5.91 Å². The van der Waals surface area contributed by atoms with E-state index in [4.69, 9.17) is 0 Å². The summed E-state index contributed by atoms with van der Waals surface area (Å²) >= 11 is 0. The summed E-state index contributed by atoms with van der Waals surface area (Å²) in [5.74, 6) is -1.17. The van der Waals surface area contributed by atoms with Crippen molar-refractivity contribution in [3.05, 3.63) is 65.0 Å². The van der Waals surface area contributed by atoms with Crippen molar-refractivity contribution in [1.29, 1.82) is 0 Å². The topological polar surface area (TPSA) is 137 Å². The molecule has 0 saturated heterocycles. The van der Waals surface area contributed by atoms with Crippen LogP contribution in [-0.2, 0) is 22.6 Å². The van der Waals surface area contributed by atoms with Gasteiger partial charge >= 0.3 is 6.97 Å². The molecule has 14 heteroatoms. The van der Waals surface area contributed by atoms with E-state index in [2.05, 4.69) is 20.9 Å². The quantitative estimate of drug-likeness (QED) is 0.225. The van der Waals surface area contributed by atoms with Gasteiger partial charge in [-0.2, -0.15) is 0 Å². The van der Waals surface area contributed by atoms with Crippen LogP contribution in [0.25, 0.3) is 6.08 Å². The van der Waals surface area contributed by atoms with Crippen LogP contribution < -0.4 is 10.6 Å². The lowest BCUT2D eigenvalue weighted by Gasteiger charge is -2.30. The van der Waals surface area contributed by atoms with Crippen molar-refractivity contribution in [2.75, 3.05) is 13.2 Å². The van der Waals surface area contributed by atoms with Gasteiger partial charge in [0.15, 0.2) is 5.70 Å². The number of allylic oxidation sites excluding steroid dienone is 2. The molecule has 2 aliphatic heterocycles. The van der Waals surface area contributed by atoms with Crippen LogP contribution in [0.5, 0.6) is 0 Å². The maximum Gasteiger partial charge on any atom is 0.737 e. The number of halogens is 2. The highest BCUT2D eigenvalue weighted by Crippen LogP contribution is 2.34. The van der Waals surface area contributed by atoms with Crippen LogP contribution in [0.2, 0.25) is 0 Å². The van der Waals surface area contributed by atoms with Gasteiger partial charge in [-0.05, 0) is 37.6 Å². The highest BCUT2D eigenvalue weighted by Gasteiger charge is 2.52. The number of rotatable bonds is 12. The number of carbonyl (C=O) groups excluding carboxylic acids is 2. The van der Waals surface area contributed by atoms with Crippen LogP contribution in [-0.4, -0.2) is 77.9 Å². The van der Waals surface area contributed by atoms with Crippen molar-refractivity contribution < 1.29 is 32.9 Å². The monoisotopic (exact) mass is 571 g/mol. The van der Waals surface area contributed by atoms with Crippen molar-refractivity contribution in [2.45, 2.75) is 59.6 Å². The lowest BCUT2D eigenvalue weighted by molar-refractivity contribution is -0.362. The third-order valence-electron chi connectivity index (χ3n) is 7.35. The van der Waals surface area contributed by atoms with E-state index in [-0.39, 0.29) is 13.2 Å². The van der Waals surface area contributed by atoms with Gasteiger partial charge in [0.1, 0.15) is 11.8 Å². The van der Waals surface area contributed by atoms with Crippen molar-refractivity contribution in [1.82, 2.24) is 30.1 Å². The Kier molecular flexibility index (Phi) is 8.73. The smallest absolute Gasteiger partial charge is 0.396 e. The zero-order chi connectivity index (χ0) is 29.9. The minimum atomic E-state index is -3.98. The summed E-state index contributed by atoms with van der Waals surface area (Å²) in [6.07, 6.45) is 9.33. The maximum atomic E-state index is 15.5. The number of hydrogen-bond donors (Lipinski definition) is 4. The van der Waals surface area contributed by atoms with Gasteiger partial charge in [-0.3, -0.25) is 14.3 Å². The highest BCUT2D eigenvalue weighted by atomic mass is 19.2. The maximum absolute atomic E-state index is 15.5. The molecule has 0 aromatic carbocycles. The van der Waals surface area contributed by atoms with Crippen molar-refractivity contribution >= 4 is 30.6 Å². The van der Waals surface area contributed by atoms with E-state index in [0.29, 0.717) is 54.3 Å². The summed E-state index contributed by atoms with van der Waals surface area (Å²) in [5, 5.41) is 32.3. The van der Waals surface area contributed by atoms with Crippen LogP contribution in [0.3, 0.4) is 0 Å². The number of hydrogen-bond acceptors (Lipinski definition) is 6. The molecule has 41 heavy (non-hydrogen) atoms. The SMILES string of the molecule is Cc1cc(C)n2c1C=C1C=CC(CCCn3cc(CCNC(=O)/C=C/NC(=O)[C@@H](O)C(C)(C)CO)nn3)=[N+]1[B-]2(F)F. The lowest BCUT2D eigenvalue weighted by atomic mass is 9.87. The van der Waals surface area contributed by atoms with Crippen LogP contribution in [0, 0.1) is 19.3 Å². The molecule has 2 amide bonds. The molecule has 0 unspecified atom stereocenters. The van der Waals surface area contributed by atoms with Gasteiger partial charge in [0.05, 0.1) is 12.3 Å². The minimum Gasteiger partial charge on any atom is -0.396 e. The fraction of sp³-hybridized carbons (Fsp3) is 0.444. The molecule has 1 atom stereocenters. The Morgan fingerprint density at radius 3 is 2.73 bits per heavy atom. The second-order valence-electron chi connectivity index (χ2n) is 11.1. The largest absolute Gasteiger partial charge is 0.737 e. The van der Waals surface area contributed by atoms with Gasteiger partial charge < -0.3 is 38.4 Å². The molecule has 0 radical (unpaired) electrons. The molecule has 0 spiro atoms. The molecule has 4 heterocycles. The van der Waals surface area contributed by atoms with E-state index < -0.39 is 30.3 Å². The van der Waals surface area contributed by atoms with E-state index in [1.54, 1.807) is 49.9 Å². The Labute approximate surface area is 237 Å². The van der Waals surface area contributed by atoms with Gasteiger partial charge in [-0.25, -0.2) is 0 Å². The molecule has 2 aliphatic rings. The Morgan fingerprint density at radius 2 is 2.00 bits per heavy atom. The third-order valence-corrected chi connectivity index (χ3v) is 7.35. The Morgan fingerprint density at radius 1 is 1.24 bits per heavy atom. The van der Waals surface area contributed by atoms with Crippen molar-refractivity contribution in [3.63, 3.8) is 0 Å². The van der Waals surface area contributed by atoms with Gasteiger partial charge in [-0.15, -0.1) is 5.10 Å². The summed E-state index contributed by atoms with van der Waals surface area (Å²) < 4.78 is 35.1. The summed E-state index contributed by atoms with van der Waals surface area (Å²) in [5.41, 5.74) is 2.64. The standard InChI is InChI=1S/C27H36BF2N7O4/c1-18-14-19(2)36-23(18)15-22-8-7-21(37(22)28(36,29)30)6-5-13-35-16-20(33-34-35)9-11-31-24(39)10-12-32-26(41)25(40)27(3,4)17-38/h7-8,10,12,14-16,25,38,40H,5-6,9,11,13,17H2,1-4H3,(H,31,39)(H,32,41)/b12-10+/t25-/m1/s1. The van der Waals surface area contributed by atoms with Crippen molar-refractivity contribution in [3.8, 4) is 0 Å². The van der Waals surface area contributed by atoms with E-state index in [0.717, 1.165) is 26.8 Å². The molecular formula is C27H36BF2N7O4. The third kappa shape index (κ3) is 6.38. The van der Waals surface area contributed by atoms with E-state index in [1.807, 2.05) is 13.0 Å². The molecule has 4 N–H and O–H groups in total. The Balaban J connectivity index is 1.23. The van der Waals surface area contributed by atoms with Gasteiger partial charge in [-0.1, -0.05) is 19.1 Å². The Bertz CT molecular complexity index is 1460. The average molecular weight is 571 g/mol. The number of amides is 2. The first-order chi connectivity index (χ1) is 19.3. The summed E-state index contributed by atoms with van der Waals surface area (Å²) in [6.45, 7) is 3.05. The predicted molar refractivity (Wildman–Crippen MR) is 150 cm³/mol. The van der Waals surface area contributed by atoms with Crippen LogP contribution in [0.1, 0.15) is 49.3 Å². The highest BCUT2D eigenvalue weighted by molar-refractivity contribution is 6.58. The zero-order valence-corrected chi connectivity index (χ0v) is 23.6.